The lowest BCUT2D eigenvalue weighted by Crippen LogP contribution is -2.45. The number of carbonyl (C=O) groups is 2. The molecule has 0 rings (SSSR count). The fourth-order valence-corrected chi connectivity index (χ4v) is 12.3. The van der Waals surface area contributed by atoms with E-state index in [0.717, 1.165) is 44.9 Å². The molecule has 2 atom stereocenters. The first-order valence-corrected chi connectivity index (χ1v) is 38.6. The highest BCUT2D eigenvalue weighted by Crippen LogP contribution is 2.20. The number of amides is 1. The number of hydrogen-bond acceptors (Lipinski definition) is 5. The first-order chi connectivity index (χ1) is 41.5. The van der Waals surface area contributed by atoms with E-state index in [1.165, 1.54) is 360 Å². The molecule has 0 radical (unpaired) electrons. The Hall–Kier alpha value is -1.66. The molecule has 0 fully saturated rings. The second-order valence-corrected chi connectivity index (χ2v) is 26.7. The van der Waals surface area contributed by atoms with Crippen LogP contribution in [0.2, 0.25) is 0 Å². The van der Waals surface area contributed by atoms with Crippen LogP contribution < -0.4 is 5.32 Å². The molecule has 0 aliphatic heterocycles. The molecule has 0 aromatic rings. The van der Waals surface area contributed by atoms with Gasteiger partial charge < -0.3 is 20.3 Å². The average molecular weight is 1180 g/mol. The van der Waals surface area contributed by atoms with E-state index < -0.39 is 12.1 Å². The summed E-state index contributed by atoms with van der Waals surface area (Å²) < 4.78 is 5.50. The Kier molecular flexibility index (Phi) is 72.3. The molecule has 0 saturated carbocycles. The molecule has 498 valence electrons. The number of allylic oxidation sites excluding steroid dienone is 4. The molecule has 0 aliphatic rings. The molecular formula is C78H151NO5. The van der Waals surface area contributed by atoms with Gasteiger partial charge in [0.15, 0.2) is 0 Å². The number of aliphatic hydroxyl groups is 2. The van der Waals surface area contributed by atoms with Crippen LogP contribution in [0, 0.1) is 0 Å². The van der Waals surface area contributed by atoms with Crippen molar-refractivity contribution in [2.75, 3.05) is 13.2 Å². The summed E-state index contributed by atoms with van der Waals surface area (Å²) in [5.41, 5.74) is 0. The van der Waals surface area contributed by atoms with Crippen molar-refractivity contribution in [1.82, 2.24) is 5.32 Å². The number of nitrogens with one attached hydrogen (secondary N) is 1. The fraction of sp³-hybridized carbons (Fsp3) is 0.923. The zero-order valence-corrected chi connectivity index (χ0v) is 57.2. The Balaban J connectivity index is 3.38. The Bertz CT molecular complexity index is 1320. The standard InChI is InChI=1S/C78H151NO5/c1-3-5-7-9-11-13-15-17-19-21-22-23-29-32-35-39-42-46-50-54-58-62-66-70-76(81)75(74-80)79-77(82)71-67-63-59-55-51-47-43-40-36-33-30-27-25-24-26-28-31-34-37-41-45-49-53-57-61-65-69-73-84-78(83)72-68-64-60-56-52-48-44-38-20-18-16-14-12-10-8-6-4-2/h18,20,24-25,75-76,80-81H,3-17,19,21-23,26-74H2,1-2H3,(H,79,82)/b20-18-,25-24-. The lowest BCUT2D eigenvalue weighted by Gasteiger charge is -2.22. The topological polar surface area (TPSA) is 95.9 Å². The third-order valence-electron chi connectivity index (χ3n) is 18.2. The number of carbonyl (C=O) groups excluding carboxylic acids is 2. The van der Waals surface area contributed by atoms with Crippen LogP contribution in [0.3, 0.4) is 0 Å². The minimum Gasteiger partial charge on any atom is -0.466 e. The van der Waals surface area contributed by atoms with Crippen molar-refractivity contribution in [3.8, 4) is 0 Å². The molecule has 0 aromatic heterocycles. The van der Waals surface area contributed by atoms with Gasteiger partial charge in [-0.3, -0.25) is 9.59 Å². The van der Waals surface area contributed by atoms with E-state index in [9.17, 15) is 19.8 Å². The smallest absolute Gasteiger partial charge is 0.305 e. The van der Waals surface area contributed by atoms with E-state index in [0.29, 0.717) is 25.9 Å². The molecule has 3 N–H and O–H groups in total. The summed E-state index contributed by atoms with van der Waals surface area (Å²) in [5.74, 6) is -0.0176. The van der Waals surface area contributed by atoms with Gasteiger partial charge in [0, 0.05) is 12.8 Å². The Morgan fingerprint density at radius 3 is 0.845 bits per heavy atom. The molecule has 2 unspecified atom stereocenters. The summed E-state index contributed by atoms with van der Waals surface area (Å²) in [7, 11) is 0. The van der Waals surface area contributed by atoms with Crippen LogP contribution in [0.25, 0.3) is 0 Å². The number of rotatable bonds is 73. The van der Waals surface area contributed by atoms with Gasteiger partial charge in [-0.15, -0.1) is 0 Å². The van der Waals surface area contributed by atoms with Gasteiger partial charge in [-0.05, 0) is 77.0 Å². The van der Waals surface area contributed by atoms with E-state index in [2.05, 4.69) is 43.5 Å². The van der Waals surface area contributed by atoms with E-state index in [1.807, 2.05) is 0 Å². The number of ether oxygens (including phenoxy) is 1. The monoisotopic (exact) mass is 1180 g/mol. The van der Waals surface area contributed by atoms with E-state index in [-0.39, 0.29) is 18.5 Å². The van der Waals surface area contributed by atoms with Crippen molar-refractivity contribution in [3.05, 3.63) is 24.3 Å². The average Bonchev–Trinajstić information content (AvgIpc) is 3.52. The Morgan fingerprint density at radius 1 is 0.321 bits per heavy atom. The number of hydrogen-bond donors (Lipinski definition) is 3. The number of aliphatic hydroxyl groups excluding tert-OH is 2. The van der Waals surface area contributed by atoms with Crippen molar-refractivity contribution in [2.24, 2.45) is 0 Å². The molecule has 0 heterocycles. The zero-order chi connectivity index (χ0) is 60.6. The molecule has 6 nitrogen and oxygen atoms in total. The minimum absolute atomic E-state index is 0.0129. The molecule has 0 saturated heterocycles. The van der Waals surface area contributed by atoms with Gasteiger partial charge in [-0.1, -0.05) is 372 Å². The van der Waals surface area contributed by atoms with Crippen LogP contribution in [0.1, 0.15) is 438 Å². The van der Waals surface area contributed by atoms with E-state index >= 15 is 0 Å². The SMILES string of the molecule is CCCCCCCC/C=C\CCCCCCCCCC(=O)OCCCCCCCCCCCCCC/C=C\CCCCCCCCCCCCCC(=O)NC(CO)C(O)CCCCCCCCCCCCCCCCCCCCCCCCC. The zero-order valence-electron chi connectivity index (χ0n) is 57.2. The molecule has 1 amide bonds. The third kappa shape index (κ3) is 69.4. The largest absolute Gasteiger partial charge is 0.466 e. The summed E-state index contributed by atoms with van der Waals surface area (Å²) in [4.78, 5) is 24.7. The van der Waals surface area contributed by atoms with Crippen molar-refractivity contribution >= 4 is 11.9 Å². The van der Waals surface area contributed by atoms with E-state index in [1.54, 1.807) is 0 Å². The van der Waals surface area contributed by atoms with Gasteiger partial charge in [-0.2, -0.15) is 0 Å². The molecular weight excluding hydrogens is 1030 g/mol. The van der Waals surface area contributed by atoms with Gasteiger partial charge in [0.1, 0.15) is 0 Å². The Labute approximate surface area is 526 Å². The van der Waals surface area contributed by atoms with E-state index in [4.69, 9.17) is 4.74 Å². The number of unbranched alkanes of at least 4 members (excludes halogenated alkanes) is 58. The number of esters is 1. The highest BCUT2D eigenvalue weighted by molar-refractivity contribution is 5.76. The van der Waals surface area contributed by atoms with Crippen LogP contribution in [0.15, 0.2) is 24.3 Å². The van der Waals surface area contributed by atoms with Crippen molar-refractivity contribution in [3.63, 3.8) is 0 Å². The van der Waals surface area contributed by atoms with Gasteiger partial charge in [0.25, 0.3) is 0 Å². The summed E-state index contributed by atoms with van der Waals surface area (Å²) in [6.45, 7) is 5.00. The third-order valence-corrected chi connectivity index (χ3v) is 18.2. The summed E-state index contributed by atoms with van der Waals surface area (Å²) in [6.07, 6.45) is 93.9. The molecule has 0 aliphatic carbocycles. The van der Waals surface area contributed by atoms with Gasteiger partial charge >= 0.3 is 5.97 Å². The normalized spacial score (nSPS) is 12.6. The van der Waals surface area contributed by atoms with Crippen LogP contribution in [-0.4, -0.2) is 47.4 Å². The molecule has 0 aromatic carbocycles. The molecule has 6 heteroatoms. The highest BCUT2D eigenvalue weighted by Gasteiger charge is 2.20. The van der Waals surface area contributed by atoms with Crippen molar-refractivity contribution in [2.45, 2.75) is 450 Å². The quantitative estimate of drug-likeness (QED) is 0.0320. The van der Waals surface area contributed by atoms with Crippen molar-refractivity contribution in [1.29, 1.82) is 0 Å². The second kappa shape index (κ2) is 73.8. The first kappa shape index (κ1) is 82.3. The van der Waals surface area contributed by atoms with Gasteiger partial charge in [0.2, 0.25) is 5.91 Å². The minimum atomic E-state index is -0.666. The molecule has 0 bridgehead atoms. The maximum Gasteiger partial charge on any atom is 0.305 e. The van der Waals surface area contributed by atoms with Gasteiger partial charge in [0.05, 0.1) is 25.4 Å². The predicted octanol–water partition coefficient (Wildman–Crippen LogP) is 25.3. The van der Waals surface area contributed by atoms with Crippen LogP contribution >= 0.6 is 0 Å². The summed E-state index contributed by atoms with van der Waals surface area (Å²) >= 11 is 0. The lowest BCUT2D eigenvalue weighted by molar-refractivity contribution is -0.143. The predicted molar refractivity (Wildman–Crippen MR) is 370 cm³/mol. The summed E-state index contributed by atoms with van der Waals surface area (Å²) in [6, 6.07) is -0.543. The van der Waals surface area contributed by atoms with Crippen LogP contribution in [0.4, 0.5) is 0 Å². The lowest BCUT2D eigenvalue weighted by atomic mass is 10.0. The molecule has 84 heavy (non-hydrogen) atoms. The summed E-state index contributed by atoms with van der Waals surface area (Å²) in [5, 5.41) is 23.5. The van der Waals surface area contributed by atoms with Gasteiger partial charge in [-0.25, -0.2) is 0 Å². The Morgan fingerprint density at radius 2 is 0.560 bits per heavy atom. The highest BCUT2D eigenvalue weighted by atomic mass is 16.5. The van der Waals surface area contributed by atoms with Crippen molar-refractivity contribution < 1.29 is 24.5 Å². The second-order valence-electron chi connectivity index (χ2n) is 26.7. The fourth-order valence-electron chi connectivity index (χ4n) is 12.3. The maximum atomic E-state index is 12.6. The van der Waals surface area contributed by atoms with Crippen LogP contribution in [-0.2, 0) is 14.3 Å². The maximum absolute atomic E-state index is 12.6. The first-order valence-electron chi connectivity index (χ1n) is 38.6. The molecule has 0 spiro atoms. The van der Waals surface area contributed by atoms with Crippen LogP contribution in [0.5, 0.6) is 0 Å².